The second kappa shape index (κ2) is 6.58. The highest BCUT2D eigenvalue weighted by atomic mass is 15.0. The Kier molecular flexibility index (Phi) is 5.09. The Morgan fingerprint density at radius 2 is 2.00 bits per heavy atom. The Morgan fingerprint density at radius 1 is 1.12 bits per heavy atom. The summed E-state index contributed by atoms with van der Waals surface area (Å²) >= 11 is 0. The van der Waals surface area contributed by atoms with E-state index in [2.05, 4.69) is 18.0 Å². The number of hydrogen-bond donors (Lipinski definition) is 1. The van der Waals surface area contributed by atoms with Crippen LogP contribution >= 0.6 is 0 Å². The van der Waals surface area contributed by atoms with Crippen molar-refractivity contribution in [3.8, 4) is 0 Å². The normalized spacial score (nSPS) is 29.9. The van der Waals surface area contributed by atoms with Gasteiger partial charge in [-0.1, -0.05) is 31.8 Å². The lowest BCUT2D eigenvalue weighted by Gasteiger charge is -2.34. The van der Waals surface area contributed by atoms with Crippen molar-refractivity contribution in [2.75, 3.05) is 6.54 Å². The molecule has 2 rings (SSSR count). The van der Waals surface area contributed by atoms with Gasteiger partial charge in [0, 0.05) is 5.54 Å². The molecule has 0 aromatic carbocycles. The summed E-state index contributed by atoms with van der Waals surface area (Å²) in [5, 5.41) is 3.93. The van der Waals surface area contributed by atoms with Crippen LogP contribution in [0.3, 0.4) is 0 Å². The number of allylic oxidation sites excluding steroid dienone is 1. The molecule has 2 fully saturated rings. The Labute approximate surface area is 107 Å². The monoisotopic (exact) mass is 235 g/mol. The highest BCUT2D eigenvalue weighted by Gasteiger charge is 2.44. The molecule has 1 heterocycles. The lowest BCUT2D eigenvalue weighted by molar-refractivity contribution is 0.245. The number of nitrogens with one attached hydrogen (secondary N) is 1. The van der Waals surface area contributed by atoms with Crippen molar-refractivity contribution in [2.24, 2.45) is 5.92 Å². The molecule has 0 bridgehead atoms. The molecule has 1 atom stereocenters. The van der Waals surface area contributed by atoms with Crippen LogP contribution < -0.4 is 5.32 Å². The average molecular weight is 235 g/mol. The molecule has 1 nitrogen and oxygen atoms in total. The van der Waals surface area contributed by atoms with Gasteiger partial charge in [-0.25, -0.2) is 0 Å². The van der Waals surface area contributed by atoms with Crippen LogP contribution in [0.15, 0.2) is 12.7 Å². The molecular formula is C16H29N. The summed E-state index contributed by atoms with van der Waals surface area (Å²) in [7, 11) is 0. The molecule has 1 heteroatoms. The molecule has 1 saturated carbocycles. The summed E-state index contributed by atoms with van der Waals surface area (Å²) in [6.45, 7) is 5.07. The van der Waals surface area contributed by atoms with Gasteiger partial charge in [-0.05, 0) is 57.4 Å². The molecule has 0 spiro atoms. The predicted octanol–water partition coefficient (Wildman–Crippen LogP) is 4.44. The fourth-order valence-corrected chi connectivity index (χ4v) is 3.48. The van der Waals surface area contributed by atoms with Crippen molar-refractivity contribution in [1.29, 1.82) is 0 Å². The minimum absolute atomic E-state index is 0.546. The molecule has 1 aliphatic heterocycles. The topological polar surface area (TPSA) is 12.0 Å². The Hall–Kier alpha value is -0.300. The minimum atomic E-state index is 0.546. The molecule has 0 aromatic rings. The first-order chi connectivity index (χ1) is 8.37. The lowest BCUT2D eigenvalue weighted by Crippen LogP contribution is -2.46. The van der Waals surface area contributed by atoms with Crippen LogP contribution in [0.2, 0.25) is 0 Å². The summed E-state index contributed by atoms with van der Waals surface area (Å²) in [6, 6.07) is 0. The smallest absolute Gasteiger partial charge is 0.0209 e. The molecule has 0 radical (unpaired) electrons. The Bertz CT molecular complexity index is 222. The van der Waals surface area contributed by atoms with Gasteiger partial charge >= 0.3 is 0 Å². The van der Waals surface area contributed by atoms with Gasteiger partial charge < -0.3 is 5.32 Å². The van der Waals surface area contributed by atoms with E-state index in [9.17, 15) is 0 Å². The van der Waals surface area contributed by atoms with Crippen molar-refractivity contribution in [3.05, 3.63) is 12.7 Å². The molecule has 0 amide bonds. The summed E-state index contributed by atoms with van der Waals surface area (Å²) in [4.78, 5) is 0. The van der Waals surface area contributed by atoms with Gasteiger partial charge in [0.2, 0.25) is 0 Å². The van der Waals surface area contributed by atoms with Gasteiger partial charge in [0.1, 0.15) is 0 Å². The van der Waals surface area contributed by atoms with E-state index in [0.29, 0.717) is 5.54 Å². The molecule has 2 aliphatic rings. The fraction of sp³-hybridized carbons (Fsp3) is 0.875. The third-order valence-electron chi connectivity index (χ3n) is 4.67. The maximum atomic E-state index is 3.93. The SMILES string of the molecule is C=CCCCCCC1(C2CC2)CCCCCN1. The van der Waals surface area contributed by atoms with Crippen molar-refractivity contribution in [1.82, 2.24) is 5.32 Å². The van der Waals surface area contributed by atoms with Crippen LogP contribution in [0.4, 0.5) is 0 Å². The zero-order chi connectivity index (χ0) is 12.0. The van der Waals surface area contributed by atoms with E-state index in [1.54, 1.807) is 0 Å². The number of hydrogen-bond acceptors (Lipinski definition) is 1. The average Bonchev–Trinajstić information content (AvgIpc) is 3.16. The summed E-state index contributed by atoms with van der Waals surface area (Å²) < 4.78 is 0. The molecule has 0 aromatic heterocycles. The van der Waals surface area contributed by atoms with Crippen molar-refractivity contribution >= 4 is 0 Å². The highest BCUT2D eigenvalue weighted by molar-refractivity contribution is 5.01. The predicted molar refractivity (Wildman–Crippen MR) is 75.2 cm³/mol. The molecule has 1 N–H and O–H groups in total. The largest absolute Gasteiger partial charge is 0.311 e. The molecule has 1 aliphatic carbocycles. The maximum absolute atomic E-state index is 3.93. The van der Waals surface area contributed by atoms with Crippen LogP contribution in [0.1, 0.15) is 70.6 Å². The Balaban J connectivity index is 1.77. The van der Waals surface area contributed by atoms with Crippen molar-refractivity contribution < 1.29 is 0 Å². The number of unbranched alkanes of at least 4 members (excludes halogenated alkanes) is 3. The summed E-state index contributed by atoms with van der Waals surface area (Å²) in [5.74, 6) is 1.01. The highest BCUT2D eigenvalue weighted by Crippen LogP contribution is 2.45. The van der Waals surface area contributed by atoms with E-state index in [1.807, 2.05) is 0 Å². The lowest BCUT2D eigenvalue weighted by atomic mass is 9.83. The van der Waals surface area contributed by atoms with Gasteiger partial charge in [-0.15, -0.1) is 6.58 Å². The van der Waals surface area contributed by atoms with E-state index in [4.69, 9.17) is 0 Å². The second-order valence-electron chi connectivity index (χ2n) is 6.06. The zero-order valence-electron chi connectivity index (χ0n) is 11.3. The van der Waals surface area contributed by atoms with E-state index >= 15 is 0 Å². The molecule has 17 heavy (non-hydrogen) atoms. The fourth-order valence-electron chi connectivity index (χ4n) is 3.48. The van der Waals surface area contributed by atoms with E-state index < -0.39 is 0 Å². The molecule has 98 valence electrons. The first-order valence-corrected chi connectivity index (χ1v) is 7.73. The second-order valence-corrected chi connectivity index (χ2v) is 6.06. The number of rotatable bonds is 7. The van der Waals surface area contributed by atoms with Gasteiger partial charge in [0.15, 0.2) is 0 Å². The minimum Gasteiger partial charge on any atom is -0.311 e. The van der Waals surface area contributed by atoms with Gasteiger partial charge in [0.05, 0.1) is 0 Å². The zero-order valence-corrected chi connectivity index (χ0v) is 11.3. The van der Waals surface area contributed by atoms with Gasteiger partial charge in [0.25, 0.3) is 0 Å². The van der Waals surface area contributed by atoms with Crippen LogP contribution in [-0.2, 0) is 0 Å². The maximum Gasteiger partial charge on any atom is 0.0209 e. The Morgan fingerprint density at radius 3 is 2.76 bits per heavy atom. The third-order valence-corrected chi connectivity index (χ3v) is 4.67. The van der Waals surface area contributed by atoms with Gasteiger partial charge in [-0.2, -0.15) is 0 Å². The van der Waals surface area contributed by atoms with Crippen molar-refractivity contribution in [2.45, 2.75) is 76.2 Å². The standard InChI is InChI=1S/C16H29N/c1-2-3-4-5-7-12-16(15-10-11-15)13-8-6-9-14-17-16/h2,15,17H,1,3-14H2. The van der Waals surface area contributed by atoms with Crippen LogP contribution in [0.5, 0.6) is 0 Å². The van der Waals surface area contributed by atoms with Crippen LogP contribution in [0.25, 0.3) is 0 Å². The molecule has 1 unspecified atom stereocenters. The molecular weight excluding hydrogens is 206 g/mol. The van der Waals surface area contributed by atoms with Crippen molar-refractivity contribution in [3.63, 3.8) is 0 Å². The van der Waals surface area contributed by atoms with Gasteiger partial charge in [-0.3, -0.25) is 0 Å². The van der Waals surface area contributed by atoms with Crippen LogP contribution in [0, 0.1) is 5.92 Å². The van der Waals surface area contributed by atoms with E-state index in [1.165, 1.54) is 77.2 Å². The van der Waals surface area contributed by atoms with Crippen LogP contribution in [-0.4, -0.2) is 12.1 Å². The first-order valence-electron chi connectivity index (χ1n) is 7.73. The first kappa shape index (κ1) is 13.1. The van der Waals surface area contributed by atoms with E-state index in [-0.39, 0.29) is 0 Å². The quantitative estimate of drug-likeness (QED) is 0.508. The third kappa shape index (κ3) is 3.84. The summed E-state index contributed by atoms with van der Waals surface area (Å²) in [6.07, 6.45) is 17.5. The molecule has 1 saturated heterocycles. The van der Waals surface area contributed by atoms with E-state index in [0.717, 1.165) is 5.92 Å². The summed E-state index contributed by atoms with van der Waals surface area (Å²) in [5.41, 5.74) is 0.546.